The molecule has 0 aliphatic rings. The molecule has 0 saturated carbocycles. The third-order valence-electron chi connectivity index (χ3n) is 9.39. The van der Waals surface area contributed by atoms with Gasteiger partial charge in [-0.1, -0.05) is 115 Å². The lowest BCUT2D eigenvalue weighted by Crippen LogP contribution is -1.99. The molecule has 0 bridgehead atoms. The smallest absolute Gasteiger partial charge is 0.205 e. The molecular weight excluding hydrogens is 585 g/mol. The van der Waals surface area contributed by atoms with Crippen molar-refractivity contribution in [3.8, 4) is 39.7 Å². The van der Waals surface area contributed by atoms with E-state index in [9.17, 15) is 5.26 Å². The lowest BCUT2D eigenvalue weighted by molar-refractivity contribution is 1.18. The third kappa shape index (κ3) is 4.01. The average molecular weight is 611 g/mol. The van der Waals surface area contributed by atoms with E-state index >= 15 is 0 Å². The van der Waals surface area contributed by atoms with Crippen molar-refractivity contribution < 1.29 is 0 Å². The Labute approximate surface area is 277 Å². The van der Waals surface area contributed by atoms with E-state index in [4.69, 9.17) is 6.57 Å². The van der Waals surface area contributed by atoms with Gasteiger partial charge in [-0.2, -0.15) is 5.26 Å². The van der Waals surface area contributed by atoms with E-state index in [0.717, 1.165) is 61.0 Å². The van der Waals surface area contributed by atoms with E-state index in [1.165, 1.54) is 16.3 Å². The first-order valence-corrected chi connectivity index (χ1v) is 15.9. The van der Waals surface area contributed by atoms with Crippen molar-refractivity contribution in [2.75, 3.05) is 0 Å². The summed E-state index contributed by atoms with van der Waals surface area (Å²) in [5, 5.41) is 15.1. The maximum atomic E-state index is 10.4. The van der Waals surface area contributed by atoms with Crippen LogP contribution in [0.25, 0.3) is 82.1 Å². The number of rotatable bonds is 4. The fraction of sp³-hybridized carbons (Fsp3) is 0. The zero-order chi connectivity index (χ0) is 32.2. The maximum absolute atomic E-state index is 10.4. The summed E-state index contributed by atoms with van der Waals surface area (Å²) in [6.45, 7) is 7.81. The first-order chi connectivity index (χ1) is 23.8. The standard InChI is InChI=1S/C44H26N4/c1-46-37-25-26-41(43(36(37)28-45)29-13-4-2-5-14-29)48-39-21-11-9-18-35(39)44-32(19-12-22-40(44)48)30-23-24-34-33-17-8-10-20-38(33)47(42(34)27-30)31-15-6-3-7-16-31/h2-27H. The second-order valence-corrected chi connectivity index (χ2v) is 11.9. The van der Waals surface area contributed by atoms with Crippen LogP contribution in [0.5, 0.6) is 0 Å². The van der Waals surface area contributed by atoms with Crippen LogP contribution < -0.4 is 0 Å². The summed E-state index contributed by atoms with van der Waals surface area (Å²) in [6, 6.07) is 56.9. The zero-order valence-electron chi connectivity index (χ0n) is 25.8. The molecule has 2 aromatic heterocycles. The van der Waals surface area contributed by atoms with Gasteiger partial charge in [-0.3, -0.25) is 0 Å². The molecule has 9 aromatic rings. The topological polar surface area (TPSA) is 38.0 Å². The van der Waals surface area contributed by atoms with Gasteiger partial charge in [-0.05, 0) is 59.2 Å². The number of nitriles is 1. The van der Waals surface area contributed by atoms with Crippen LogP contribution in [0.3, 0.4) is 0 Å². The second kappa shape index (κ2) is 10.9. The quantitative estimate of drug-likeness (QED) is 0.183. The molecule has 0 aliphatic heterocycles. The van der Waals surface area contributed by atoms with E-state index < -0.39 is 0 Å². The molecule has 2 heterocycles. The van der Waals surface area contributed by atoms with E-state index in [1.807, 2.05) is 36.4 Å². The number of nitrogens with zero attached hydrogens (tertiary/aromatic N) is 4. The van der Waals surface area contributed by atoms with Crippen LogP contribution in [0.2, 0.25) is 0 Å². The molecule has 222 valence electrons. The average Bonchev–Trinajstić information content (AvgIpc) is 3.67. The summed E-state index contributed by atoms with van der Waals surface area (Å²) >= 11 is 0. The second-order valence-electron chi connectivity index (χ2n) is 11.9. The molecule has 7 aromatic carbocycles. The van der Waals surface area contributed by atoms with Crippen molar-refractivity contribution in [2.45, 2.75) is 0 Å². The van der Waals surface area contributed by atoms with E-state index in [0.29, 0.717) is 11.3 Å². The van der Waals surface area contributed by atoms with Crippen molar-refractivity contribution in [2.24, 2.45) is 0 Å². The molecule has 4 heteroatoms. The molecule has 0 saturated heterocycles. The van der Waals surface area contributed by atoms with Crippen LogP contribution in [0.15, 0.2) is 158 Å². The van der Waals surface area contributed by atoms with Gasteiger partial charge in [0.1, 0.15) is 0 Å². The van der Waals surface area contributed by atoms with Crippen LogP contribution in [-0.4, -0.2) is 9.13 Å². The Balaban J connectivity index is 1.36. The molecule has 0 radical (unpaired) electrons. The number of hydrogen-bond acceptors (Lipinski definition) is 1. The predicted molar refractivity (Wildman–Crippen MR) is 197 cm³/mol. The van der Waals surface area contributed by atoms with Crippen LogP contribution in [0.1, 0.15) is 5.56 Å². The first-order valence-electron chi connectivity index (χ1n) is 15.9. The minimum atomic E-state index is 0.351. The van der Waals surface area contributed by atoms with Gasteiger partial charge >= 0.3 is 0 Å². The Bertz CT molecular complexity index is 2790. The number of fused-ring (bicyclic) bond motifs is 6. The summed E-state index contributed by atoms with van der Waals surface area (Å²) in [6.07, 6.45) is 0. The molecule has 0 spiro atoms. The monoisotopic (exact) mass is 610 g/mol. The van der Waals surface area contributed by atoms with Crippen LogP contribution in [0, 0.1) is 17.9 Å². The number of hydrogen-bond donors (Lipinski definition) is 0. The molecule has 9 rings (SSSR count). The van der Waals surface area contributed by atoms with Crippen molar-refractivity contribution in [1.29, 1.82) is 5.26 Å². The normalized spacial score (nSPS) is 11.3. The largest absolute Gasteiger partial charge is 0.309 e. The summed E-state index contributed by atoms with van der Waals surface area (Å²) in [5.74, 6) is 0. The Hall–Kier alpha value is -6.88. The molecular formula is C44H26N4. The molecule has 48 heavy (non-hydrogen) atoms. The lowest BCUT2D eigenvalue weighted by atomic mass is 9.96. The van der Waals surface area contributed by atoms with Gasteiger partial charge in [-0.15, -0.1) is 0 Å². The van der Waals surface area contributed by atoms with Crippen molar-refractivity contribution in [3.05, 3.63) is 175 Å². The highest BCUT2D eigenvalue weighted by atomic mass is 15.0. The highest BCUT2D eigenvalue weighted by Gasteiger charge is 2.22. The Kier molecular flexibility index (Phi) is 6.22. The fourth-order valence-electron chi connectivity index (χ4n) is 7.38. The highest BCUT2D eigenvalue weighted by molar-refractivity contribution is 6.17. The minimum absolute atomic E-state index is 0.351. The van der Waals surface area contributed by atoms with Gasteiger partial charge in [0.25, 0.3) is 0 Å². The SMILES string of the molecule is [C-]#[N+]c1ccc(-n2c3ccccc3c3c(-c4ccc5c6ccccc6n(-c6ccccc6)c5c4)cccc32)c(-c2ccccc2)c1C#N. The lowest BCUT2D eigenvalue weighted by Gasteiger charge is -2.17. The number of benzene rings is 7. The third-order valence-corrected chi connectivity index (χ3v) is 9.39. The Morgan fingerprint density at radius 1 is 0.521 bits per heavy atom. The van der Waals surface area contributed by atoms with Gasteiger partial charge in [0.15, 0.2) is 0 Å². The summed E-state index contributed by atoms with van der Waals surface area (Å²) in [7, 11) is 0. The molecule has 0 amide bonds. The van der Waals surface area contributed by atoms with E-state index in [2.05, 4.69) is 135 Å². The Morgan fingerprint density at radius 2 is 1.17 bits per heavy atom. The molecule has 0 aliphatic carbocycles. The number of para-hydroxylation sites is 3. The zero-order valence-corrected chi connectivity index (χ0v) is 25.8. The Morgan fingerprint density at radius 3 is 1.92 bits per heavy atom. The highest BCUT2D eigenvalue weighted by Crippen LogP contribution is 2.44. The molecule has 0 N–H and O–H groups in total. The van der Waals surface area contributed by atoms with Gasteiger partial charge in [-0.25, -0.2) is 4.85 Å². The van der Waals surface area contributed by atoms with Crippen LogP contribution in [-0.2, 0) is 0 Å². The fourth-order valence-corrected chi connectivity index (χ4v) is 7.38. The maximum Gasteiger partial charge on any atom is 0.205 e. The molecule has 0 atom stereocenters. The molecule has 0 fully saturated rings. The first kappa shape index (κ1) is 27.4. The van der Waals surface area contributed by atoms with Gasteiger partial charge in [0.05, 0.1) is 46.0 Å². The molecule has 4 nitrogen and oxygen atoms in total. The van der Waals surface area contributed by atoms with Crippen molar-refractivity contribution >= 4 is 49.3 Å². The van der Waals surface area contributed by atoms with E-state index in [1.54, 1.807) is 6.07 Å². The molecule has 0 unspecified atom stereocenters. The summed E-state index contributed by atoms with van der Waals surface area (Å²) in [5.41, 5.74) is 11.0. The predicted octanol–water partition coefficient (Wildman–Crippen LogP) is 11.6. The summed E-state index contributed by atoms with van der Waals surface area (Å²) in [4.78, 5) is 3.71. The van der Waals surface area contributed by atoms with Crippen molar-refractivity contribution in [1.82, 2.24) is 9.13 Å². The van der Waals surface area contributed by atoms with Crippen LogP contribution in [0.4, 0.5) is 5.69 Å². The number of aromatic nitrogens is 2. The van der Waals surface area contributed by atoms with Crippen molar-refractivity contribution in [3.63, 3.8) is 0 Å². The van der Waals surface area contributed by atoms with Gasteiger partial charge in [0, 0.05) is 32.8 Å². The minimum Gasteiger partial charge on any atom is -0.309 e. The van der Waals surface area contributed by atoms with Gasteiger partial charge < -0.3 is 9.13 Å². The van der Waals surface area contributed by atoms with Crippen LogP contribution >= 0.6 is 0 Å². The van der Waals surface area contributed by atoms with E-state index in [-0.39, 0.29) is 0 Å². The van der Waals surface area contributed by atoms with Gasteiger partial charge in [0.2, 0.25) is 5.69 Å². The summed E-state index contributed by atoms with van der Waals surface area (Å²) < 4.78 is 4.61.